The molecular weight excluding hydrogens is 540 g/mol. The lowest BCUT2D eigenvalue weighted by atomic mass is 9.90. The minimum Gasteiger partial charge on any atom is -0.388 e. The molecule has 0 radical (unpaired) electrons. The third-order valence-electron chi connectivity index (χ3n) is 8.70. The number of fused-ring (bicyclic) bond motifs is 2. The van der Waals surface area contributed by atoms with Gasteiger partial charge in [-0.25, -0.2) is 9.50 Å². The molecule has 6 rings (SSSR count). The van der Waals surface area contributed by atoms with Gasteiger partial charge in [0.05, 0.1) is 24.0 Å². The molecule has 9 nitrogen and oxygen atoms in total. The average molecular weight is 577 g/mol. The lowest BCUT2D eigenvalue weighted by molar-refractivity contribution is -0.136. The highest BCUT2D eigenvalue weighted by Crippen LogP contribution is 2.29. The predicted molar refractivity (Wildman–Crippen MR) is 160 cm³/mol. The van der Waals surface area contributed by atoms with Crippen LogP contribution in [0.4, 0.5) is 0 Å². The number of amides is 1. The number of carbonyl (C=O) groups excluding carboxylic acids is 1. The summed E-state index contributed by atoms with van der Waals surface area (Å²) < 4.78 is 3.03. The van der Waals surface area contributed by atoms with Crippen LogP contribution in [0.3, 0.4) is 0 Å². The second kappa shape index (κ2) is 11.8. The van der Waals surface area contributed by atoms with Crippen molar-refractivity contribution in [2.24, 2.45) is 0 Å². The van der Waals surface area contributed by atoms with E-state index >= 15 is 0 Å². The summed E-state index contributed by atoms with van der Waals surface area (Å²) in [6.45, 7) is 3.10. The van der Waals surface area contributed by atoms with Gasteiger partial charge in [0.15, 0.2) is 0 Å². The Morgan fingerprint density at radius 3 is 2.59 bits per heavy atom. The number of imidazole rings is 1. The Kier molecular flexibility index (Phi) is 8.31. The lowest BCUT2D eigenvalue weighted by Crippen LogP contribution is -2.50. The topological polar surface area (TPSA) is 105 Å². The molecule has 2 aliphatic rings. The van der Waals surface area contributed by atoms with Gasteiger partial charge >= 0.3 is 0 Å². The number of halogens is 1. The summed E-state index contributed by atoms with van der Waals surface area (Å²) in [4.78, 5) is 32.5. The standard InChI is InChI=1S/C31H36N6O3.ClH/c1-21(22-6-4-3-5-7-22)14-28(38)35-12-10-31(40,11-13-35)19-36-20-34-37-27(18-33-29(37)30(36)39)24-9-8-23-16-26(32-2)17-25(23)15-24;/h3-9,15,18,20-21,26,32,40H,10-14,16-17,19H2,1-2H3;1H/t21-,26?;/m1./s1. The molecule has 216 valence electrons. The van der Waals surface area contributed by atoms with E-state index in [0.717, 1.165) is 29.7 Å². The van der Waals surface area contributed by atoms with Crippen molar-refractivity contribution < 1.29 is 9.90 Å². The molecule has 2 aromatic heterocycles. The number of nitrogens with zero attached hydrogens (tertiary/aromatic N) is 5. The fraction of sp³-hybridized carbons (Fsp3) is 0.419. The smallest absolute Gasteiger partial charge is 0.296 e. The molecule has 1 amide bonds. The van der Waals surface area contributed by atoms with E-state index in [-0.39, 0.29) is 42.0 Å². The second-order valence-electron chi connectivity index (χ2n) is 11.4. The van der Waals surface area contributed by atoms with Crippen molar-refractivity contribution in [3.8, 4) is 11.3 Å². The van der Waals surface area contributed by atoms with Gasteiger partial charge in [0.1, 0.15) is 6.33 Å². The van der Waals surface area contributed by atoms with Gasteiger partial charge in [-0.1, -0.05) is 49.4 Å². The Balaban J connectivity index is 0.00000337. The van der Waals surface area contributed by atoms with Crippen molar-refractivity contribution in [2.45, 2.75) is 63.1 Å². The summed E-state index contributed by atoms with van der Waals surface area (Å²) in [5, 5.41) is 19.2. The number of hydrogen-bond acceptors (Lipinski definition) is 6. The maximum Gasteiger partial charge on any atom is 0.296 e. The third kappa shape index (κ3) is 5.80. The molecule has 0 spiro atoms. The number of aliphatic hydroxyl groups is 1. The molecule has 10 heteroatoms. The van der Waals surface area contributed by atoms with E-state index in [1.54, 1.807) is 10.7 Å². The van der Waals surface area contributed by atoms with Crippen molar-refractivity contribution in [3.63, 3.8) is 0 Å². The molecule has 41 heavy (non-hydrogen) atoms. The van der Waals surface area contributed by atoms with Gasteiger partial charge in [0, 0.05) is 31.1 Å². The van der Waals surface area contributed by atoms with Crippen molar-refractivity contribution in [2.75, 3.05) is 20.1 Å². The highest BCUT2D eigenvalue weighted by molar-refractivity contribution is 5.85. The molecule has 1 fully saturated rings. The number of rotatable bonds is 7. The van der Waals surface area contributed by atoms with Crippen molar-refractivity contribution in [1.82, 2.24) is 29.4 Å². The number of likely N-dealkylation sites (tertiary alicyclic amines) is 1. The molecule has 0 saturated carbocycles. The second-order valence-corrected chi connectivity index (χ2v) is 11.4. The van der Waals surface area contributed by atoms with Crippen LogP contribution in [0.25, 0.3) is 16.9 Å². The Labute approximate surface area is 245 Å². The van der Waals surface area contributed by atoms with E-state index in [9.17, 15) is 14.7 Å². The summed E-state index contributed by atoms with van der Waals surface area (Å²) in [6, 6.07) is 16.9. The first-order chi connectivity index (χ1) is 19.3. The summed E-state index contributed by atoms with van der Waals surface area (Å²) in [5.74, 6) is 0.226. The third-order valence-corrected chi connectivity index (χ3v) is 8.70. The predicted octanol–water partition coefficient (Wildman–Crippen LogP) is 3.21. The minimum absolute atomic E-state index is 0. The molecule has 2 N–H and O–H groups in total. The van der Waals surface area contributed by atoms with Gasteiger partial charge in [0.2, 0.25) is 11.6 Å². The lowest BCUT2D eigenvalue weighted by Gasteiger charge is -2.38. The first-order valence-electron chi connectivity index (χ1n) is 14.1. The van der Waals surface area contributed by atoms with Gasteiger partial charge in [-0.3, -0.25) is 14.2 Å². The maximum absolute atomic E-state index is 13.3. The average Bonchev–Trinajstić information content (AvgIpc) is 3.59. The molecule has 2 atom stereocenters. The first-order valence-corrected chi connectivity index (χ1v) is 14.1. The van der Waals surface area contributed by atoms with E-state index < -0.39 is 5.60 Å². The van der Waals surface area contributed by atoms with Crippen molar-refractivity contribution in [3.05, 3.63) is 88.1 Å². The number of likely N-dealkylation sites (N-methyl/N-ethyl adjacent to an activating group) is 1. The fourth-order valence-electron chi connectivity index (χ4n) is 6.13. The van der Waals surface area contributed by atoms with Crippen LogP contribution in [0, 0.1) is 0 Å². The molecule has 0 bridgehead atoms. The zero-order valence-electron chi connectivity index (χ0n) is 23.5. The van der Waals surface area contributed by atoms with E-state index in [0.29, 0.717) is 38.4 Å². The monoisotopic (exact) mass is 576 g/mol. The molecule has 1 unspecified atom stereocenters. The van der Waals surface area contributed by atoms with Gasteiger partial charge in [0.25, 0.3) is 5.56 Å². The van der Waals surface area contributed by atoms with Crippen LogP contribution in [0.1, 0.15) is 48.8 Å². The largest absolute Gasteiger partial charge is 0.388 e. The highest BCUT2D eigenvalue weighted by Gasteiger charge is 2.35. The van der Waals surface area contributed by atoms with Gasteiger partial charge in [-0.05, 0) is 61.4 Å². The number of aromatic nitrogens is 4. The van der Waals surface area contributed by atoms with Crippen molar-refractivity contribution in [1.29, 1.82) is 0 Å². The van der Waals surface area contributed by atoms with E-state index in [1.165, 1.54) is 22.0 Å². The Hall–Kier alpha value is -3.53. The summed E-state index contributed by atoms with van der Waals surface area (Å²) in [6.07, 6.45) is 6.41. The molecule has 1 saturated heterocycles. The molecule has 4 aromatic rings. The van der Waals surface area contributed by atoms with E-state index in [4.69, 9.17) is 0 Å². The van der Waals surface area contributed by atoms with Gasteiger partial charge < -0.3 is 15.3 Å². The summed E-state index contributed by atoms with van der Waals surface area (Å²) >= 11 is 0. The van der Waals surface area contributed by atoms with Crippen LogP contribution in [-0.4, -0.2) is 66.9 Å². The zero-order valence-corrected chi connectivity index (χ0v) is 24.3. The summed E-state index contributed by atoms with van der Waals surface area (Å²) in [7, 11) is 1.99. The maximum atomic E-state index is 13.3. The van der Waals surface area contributed by atoms with Crippen LogP contribution < -0.4 is 10.9 Å². The molecule has 1 aliphatic carbocycles. The van der Waals surface area contributed by atoms with Crippen LogP contribution >= 0.6 is 12.4 Å². The van der Waals surface area contributed by atoms with E-state index in [2.05, 4.69) is 40.5 Å². The molecule has 2 aromatic carbocycles. The molecular formula is C31H37ClN6O3. The van der Waals surface area contributed by atoms with Gasteiger partial charge in [-0.2, -0.15) is 5.10 Å². The Morgan fingerprint density at radius 2 is 1.85 bits per heavy atom. The zero-order chi connectivity index (χ0) is 27.9. The number of nitrogens with one attached hydrogen (secondary N) is 1. The summed E-state index contributed by atoms with van der Waals surface area (Å²) in [5.41, 5.74) is 4.40. The Morgan fingerprint density at radius 1 is 1.12 bits per heavy atom. The molecule has 1 aliphatic heterocycles. The number of benzene rings is 2. The SMILES string of the molecule is CNC1Cc2ccc(-c3cnc4c(=O)n(CC5(O)CCN(C(=O)C[C@@H](C)c6ccccc6)CC5)cnn34)cc2C1.Cl. The van der Waals surface area contributed by atoms with Crippen LogP contribution in [0.15, 0.2) is 65.8 Å². The number of hydrogen-bond donors (Lipinski definition) is 2. The Bertz CT molecular complexity index is 1590. The van der Waals surface area contributed by atoms with Crippen molar-refractivity contribution >= 4 is 24.0 Å². The van der Waals surface area contributed by atoms with Crippen LogP contribution in [-0.2, 0) is 24.2 Å². The highest BCUT2D eigenvalue weighted by atomic mass is 35.5. The fourth-order valence-corrected chi connectivity index (χ4v) is 6.13. The van der Waals surface area contributed by atoms with Gasteiger partial charge in [-0.15, -0.1) is 12.4 Å². The van der Waals surface area contributed by atoms with Crippen LogP contribution in [0.2, 0.25) is 0 Å². The minimum atomic E-state index is -1.09. The quantitative estimate of drug-likeness (QED) is 0.350. The molecule has 3 heterocycles. The normalized spacial score (nSPS) is 18.6. The van der Waals surface area contributed by atoms with Crippen LogP contribution in [0.5, 0.6) is 0 Å². The number of piperidine rings is 1. The number of carbonyl (C=O) groups is 1. The first kappa shape index (κ1) is 29.0. The van der Waals surface area contributed by atoms with E-state index in [1.807, 2.05) is 42.3 Å².